The van der Waals surface area contributed by atoms with Gasteiger partial charge in [0.1, 0.15) is 51.2 Å². The van der Waals surface area contributed by atoms with Gasteiger partial charge >= 0.3 is 17.9 Å². The molecule has 12 heteroatoms. The molecule has 0 atom stereocenters. The van der Waals surface area contributed by atoms with Crippen molar-refractivity contribution in [2.75, 3.05) is 0 Å². The van der Waals surface area contributed by atoms with Gasteiger partial charge in [0.15, 0.2) is 0 Å². The summed E-state index contributed by atoms with van der Waals surface area (Å²) in [7, 11) is 0. The molecule has 0 spiro atoms. The van der Waals surface area contributed by atoms with Gasteiger partial charge in [-0.05, 0) is 101 Å². The summed E-state index contributed by atoms with van der Waals surface area (Å²) in [5.41, 5.74) is 1.67. The topological polar surface area (TPSA) is 233 Å². The highest BCUT2D eigenvalue weighted by atomic mass is 16.4. The highest BCUT2D eigenvalue weighted by Gasteiger charge is 2.25. The SMILES string of the molecule is O=C(O)c1cc2ccccc2c(-c2c(O)ccc3ccccc23)c1O.O=C(O)c1cc2ccccc2c(-c2c(O)ccc3ccccc23)c1O.O=C(O)c1cc2ccccc2c(-c2c(O)ccc3ccccc23)c1O. The van der Waals surface area contributed by atoms with Gasteiger partial charge in [0.2, 0.25) is 0 Å². The third-order valence-electron chi connectivity index (χ3n) is 13.2. The lowest BCUT2D eigenvalue weighted by molar-refractivity contribution is 0.0682. The van der Waals surface area contributed by atoms with E-state index in [1.54, 1.807) is 91.0 Å². The van der Waals surface area contributed by atoms with Gasteiger partial charge in [0, 0.05) is 33.4 Å². The number of hydrogen-bond donors (Lipinski definition) is 9. The fourth-order valence-corrected chi connectivity index (χ4v) is 9.83. The number of hydrogen-bond acceptors (Lipinski definition) is 9. The van der Waals surface area contributed by atoms with Crippen LogP contribution in [0.1, 0.15) is 31.1 Å². The number of carboxylic acid groups (broad SMARTS) is 3. The summed E-state index contributed by atoms with van der Waals surface area (Å²) in [6.07, 6.45) is 0. The fraction of sp³-hybridized carbons (Fsp3) is 0. The number of aromatic hydroxyl groups is 6. The summed E-state index contributed by atoms with van der Waals surface area (Å²) in [4.78, 5) is 34.7. The molecule has 0 unspecified atom stereocenters. The molecule has 0 bridgehead atoms. The molecule has 0 aromatic heterocycles. The molecule has 0 amide bonds. The van der Waals surface area contributed by atoms with Crippen molar-refractivity contribution in [1.29, 1.82) is 0 Å². The summed E-state index contributed by atoms with van der Waals surface area (Å²) in [6, 6.07) is 58.4. The van der Waals surface area contributed by atoms with Crippen LogP contribution in [0.4, 0.5) is 0 Å². The smallest absolute Gasteiger partial charge is 0.339 e. The number of aromatic carboxylic acids is 3. The van der Waals surface area contributed by atoms with Crippen LogP contribution >= 0.6 is 0 Å². The van der Waals surface area contributed by atoms with E-state index < -0.39 is 17.9 Å². The second-order valence-electron chi connectivity index (χ2n) is 17.6. The number of benzene rings is 12. The molecule has 12 aromatic carbocycles. The molecule has 366 valence electrons. The van der Waals surface area contributed by atoms with Crippen molar-refractivity contribution in [3.8, 4) is 67.9 Å². The Hall–Kier alpha value is -10.6. The van der Waals surface area contributed by atoms with Crippen LogP contribution in [0.25, 0.3) is 98.0 Å². The Kier molecular flexibility index (Phi) is 12.5. The normalized spacial score (nSPS) is 11.0. The molecular weight excluding hydrogens is 949 g/mol. The van der Waals surface area contributed by atoms with Crippen molar-refractivity contribution in [2.45, 2.75) is 0 Å². The van der Waals surface area contributed by atoms with Gasteiger partial charge in [-0.15, -0.1) is 0 Å². The zero-order valence-corrected chi connectivity index (χ0v) is 39.3. The lowest BCUT2D eigenvalue weighted by Gasteiger charge is -2.15. The van der Waals surface area contributed by atoms with Crippen LogP contribution in [0.5, 0.6) is 34.5 Å². The first-order valence-corrected chi connectivity index (χ1v) is 23.3. The summed E-state index contributed by atoms with van der Waals surface area (Å²) in [5, 5.41) is 101. The standard InChI is InChI=1S/3C21H14O4/c3*22-17-10-9-12-5-1-3-7-14(12)18(17)19-15-8-4-2-6-13(15)11-16(20(19)23)21(24)25/h3*1-11,22-23H,(H,24,25). The minimum absolute atomic E-state index is 0.0123. The highest BCUT2D eigenvalue weighted by Crippen LogP contribution is 2.49. The van der Waals surface area contributed by atoms with E-state index in [1.165, 1.54) is 18.2 Å². The zero-order chi connectivity index (χ0) is 52.7. The molecule has 0 aliphatic carbocycles. The van der Waals surface area contributed by atoms with Crippen molar-refractivity contribution in [3.63, 3.8) is 0 Å². The molecule has 12 rings (SSSR count). The minimum Gasteiger partial charge on any atom is -0.507 e. The van der Waals surface area contributed by atoms with Crippen LogP contribution in [-0.2, 0) is 0 Å². The van der Waals surface area contributed by atoms with Gasteiger partial charge in [0.05, 0.1) is 0 Å². The average Bonchev–Trinajstić information content (AvgIpc) is 3.41. The van der Waals surface area contributed by atoms with Crippen LogP contribution in [0.2, 0.25) is 0 Å². The highest BCUT2D eigenvalue weighted by molar-refractivity contribution is 6.16. The predicted molar refractivity (Wildman–Crippen MR) is 292 cm³/mol. The minimum atomic E-state index is -1.22. The summed E-state index contributed by atoms with van der Waals surface area (Å²) in [5.74, 6) is -4.74. The lowest BCUT2D eigenvalue weighted by Crippen LogP contribution is -1.99. The molecule has 0 heterocycles. The summed E-state index contributed by atoms with van der Waals surface area (Å²) < 4.78 is 0. The Labute approximate surface area is 426 Å². The lowest BCUT2D eigenvalue weighted by atomic mass is 9.90. The first-order chi connectivity index (χ1) is 36.2. The molecule has 0 saturated carbocycles. The molecule has 12 nitrogen and oxygen atoms in total. The molecule has 0 saturated heterocycles. The van der Waals surface area contributed by atoms with Crippen LogP contribution in [0, 0.1) is 0 Å². The van der Waals surface area contributed by atoms with E-state index in [0.29, 0.717) is 65.7 Å². The third-order valence-corrected chi connectivity index (χ3v) is 13.2. The van der Waals surface area contributed by atoms with Crippen LogP contribution in [-0.4, -0.2) is 63.9 Å². The van der Waals surface area contributed by atoms with Crippen LogP contribution < -0.4 is 0 Å². The molecular formula is C63H42O12. The molecule has 12 aromatic rings. The number of phenolic OH excluding ortho intramolecular Hbond substituents is 3. The van der Waals surface area contributed by atoms with E-state index in [0.717, 1.165) is 32.3 Å². The Morgan fingerprint density at radius 2 is 0.440 bits per heavy atom. The number of fused-ring (bicyclic) bond motifs is 6. The number of carbonyl (C=O) groups is 3. The van der Waals surface area contributed by atoms with Crippen molar-refractivity contribution in [1.82, 2.24) is 0 Å². The Balaban J connectivity index is 0.000000128. The molecule has 0 aliphatic rings. The summed E-state index contributed by atoms with van der Waals surface area (Å²) >= 11 is 0. The van der Waals surface area contributed by atoms with E-state index in [2.05, 4.69) is 0 Å². The number of phenols is 6. The number of carboxylic acids is 3. The monoisotopic (exact) mass is 990 g/mol. The Morgan fingerprint density at radius 1 is 0.240 bits per heavy atom. The van der Waals surface area contributed by atoms with Crippen molar-refractivity contribution >= 4 is 82.5 Å². The second-order valence-corrected chi connectivity index (χ2v) is 17.6. The van der Waals surface area contributed by atoms with Gasteiger partial charge in [0.25, 0.3) is 0 Å². The first kappa shape index (κ1) is 48.1. The van der Waals surface area contributed by atoms with Crippen LogP contribution in [0.15, 0.2) is 200 Å². The van der Waals surface area contributed by atoms with Crippen molar-refractivity contribution in [2.24, 2.45) is 0 Å². The van der Waals surface area contributed by atoms with E-state index in [1.807, 2.05) is 91.0 Å². The van der Waals surface area contributed by atoms with Gasteiger partial charge in [-0.1, -0.05) is 164 Å². The Bertz CT molecular complexity index is 3870. The van der Waals surface area contributed by atoms with E-state index >= 15 is 0 Å². The van der Waals surface area contributed by atoms with Crippen LogP contribution in [0.3, 0.4) is 0 Å². The molecule has 75 heavy (non-hydrogen) atoms. The first-order valence-electron chi connectivity index (χ1n) is 23.3. The predicted octanol–water partition coefficient (Wildman–Crippen LogP) is 14.3. The van der Waals surface area contributed by atoms with E-state index in [9.17, 15) is 60.3 Å². The zero-order valence-electron chi connectivity index (χ0n) is 39.3. The average molecular weight is 991 g/mol. The molecule has 0 radical (unpaired) electrons. The third kappa shape index (κ3) is 8.64. The van der Waals surface area contributed by atoms with E-state index in [4.69, 9.17) is 0 Å². The maximum absolute atomic E-state index is 11.6. The largest absolute Gasteiger partial charge is 0.507 e. The van der Waals surface area contributed by atoms with Crippen molar-refractivity contribution in [3.05, 3.63) is 217 Å². The maximum Gasteiger partial charge on any atom is 0.339 e. The van der Waals surface area contributed by atoms with Gasteiger partial charge < -0.3 is 46.0 Å². The molecule has 0 aliphatic heterocycles. The van der Waals surface area contributed by atoms with E-state index in [-0.39, 0.29) is 51.2 Å². The number of rotatable bonds is 6. The Morgan fingerprint density at radius 3 is 0.667 bits per heavy atom. The van der Waals surface area contributed by atoms with Gasteiger partial charge in [-0.25, -0.2) is 14.4 Å². The molecule has 0 fully saturated rings. The quantitative estimate of drug-likeness (QED) is 0.0757. The van der Waals surface area contributed by atoms with Crippen molar-refractivity contribution < 1.29 is 60.3 Å². The summed E-state index contributed by atoms with van der Waals surface area (Å²) in [6.45, 7) is 0. The van der Waals surface area contributed by atoms with Gasteiger partial charge in [-0.2, -0.15) is 0 Å². The second kappa shape index (κ2) is 19.5. The fourth-order valence-electron chi connectivity index (χ4n) is 9.83. The molecule has 9 N–H and O–H groups in total. The maximum atomic E-state index is 11.6. The van der Waals surface area contributed by atoms with Gasteiger partial charge in [-0.3, -0.25) is 0 Å².